The Morgan fingerprint density at radius 2 is 1.82 bits per heavy atom. The van der Waals surface area contributed by atoms with Gasteiger partial charge in [-0.25, -0.2) is 9.88 Å². The van der Waals surface area contributed by atoms with Gasteiger partial charge in [-0.3, -0.25) is 14.4 Å². The number of nitrogens with zero attached hydrogens (tertiary/aromatic N) is 3. The van der Waals surface area contributed by atoms with Gasteiger partial charge in [0, 0.05) is 0 Å². The van der Waals surface area contributed by atoms with Gasteiger partial charge >= 0.3 is 5.91 Å². The highest BCUT2D eigenvalue weighted by molar-refractivity contribution is 7.19. The zero-order valence-corrected chi connectivity index (χ0v) is 16.0. The van der Waals surface area contributed by atoms with E-state index >= 15 is 0 Å². The van der Waals surface area contributed by atoms with Crippen LogP contribution in [0, 0.1) is 13.8 Å². The highest BCUT2D eigenvalue weighted by Gasteiger charge is 2.48. The largest absolute Gasteiger partial charge is 0.323 e. The summed E-state index contributed by atoms with van der Waals surface area (Å²) < 4.78 is 0.846. The fraction of sp³-hybridized carbons (Fsp3) is 0.150. The van der Waals surface area contributed by atoms with Crippen LogP contribution in [0.1, 0.15) is 22.1 Å². The van der Waals surface area contributed by atoms with Crippen molar-refractivity contribution in [2.75, 3.05) is 4.90 Å². The van der Waals surface area contributed by atoms with Gasteiger partial charge in [0.05, 0.1) is 15.9 Å². The van der Waals surface area contributed by atoms with E-state index in [1.54, 1.807) is 25.1 Å². The van der Waals surface area contributed by atoms with E-state index in [0.717, 1.165) is 15.2 Å². The molecule has 2 amide bonds. The first-order valence-corrected chi connectivity index (χ1v) is 9.37. The molecule has 1 aliphatic heterocycles. The lowest BCUT2D eigenvalue weighted by molar-refractivity contribution is -0.139. The predicted octanol–water partition coefficient (Wildman–Crippen LogP) is 2.45. The maximum absolute atomic E-state index is 13.1. The molecule has 1 fully saturated rings. The van der Waals surface area contributed by atoms with Crippen LogP contribution in [0.15, 0.2) is 47.6 Å². The molecule has 2 heterocycles. The molecular weight excluding hydrogens is 376 g/mol. The van der Waals surface area contributed by atoms with Crippen molar-refractivity contribution in [1.82, 2.24) is 4.98 Å². The van der Waals surface area contributed by atoms with E-state index in [1.807, 2.05) is 31.2 Å². The highest BCUT2D eigenvalue weighted by atomic mass is 32.1. The number of rotatable bonds is 2. The van der Waals surface area contributed by atoms with Gasteiger partial charge in [-0.2, -0.15) is 5.10 Å². The number of hydrogen-bond acceptors (Lipinski definition) is 7. The lowest BCUT2D eigenvalue weighted by Gasteiger charge is -2.29. The minimum absolute atomic E-state index is 0.190. The van der Waals surface area contributed by atoms with Gasteiger partial charge in [-0.15, -0.1) is 11.3 Å². The van der Waals surface area contributed by atoms with Crippen molar-refractivity contribution in [3.8, 4) is 0 Å². The molecule has 0 bridgehead atoms. The summed E-state index contributed by atoms with van der Waals surface area (Å²) in [5.74, 6) is 1.91. The van der Waals surface area contributed by atoms with Crippen LogP contribution in [0.5, 0.6) is 0 Å². The second-order valence-corrected chi connectivity index (χ2v) is 7.63. The number of ketones is 1. The molecule has 1 aromatic heterocycles. The molecule has 1 atom stereocenters. The fourth-order valence-electron chi connectivity index (χ4n) is 3.24. The number of anilines is 1. The molecule has 1 aliphatic rings. The summed E-state index contributed by atoms with van der Waals surface area (Å²) in [5.41, 5.74) is 2.39. The number of amides is 2. The third-order valence-electron chi connectivity index (χ3n) is 4.67. The summed E-state index contributed by atoms with van der Waals surface area (Å²) in [6.45, 7) is 3.60. The number of carbonyl (C=O) groups excluding carboxylic acids is 3. The van der Waals surface area contributed by atoms with Crippen molar-refractivity contribution in [3.05, 3.63) is 58.6 Å². The Hall–Kier alpha value is -3.39. The molecule has 28 heavy (non-hydrogen) atoms. The molecular formula is C20H16N4O3S. The van der Waals surface area contributed by atoms with Gasteiger partial charge in [-0.1, -0.05) is 24.3 Å². The summed E-state index contributed by atoms with van der Waals surface area (Å²) in [4.78, 5) is 44.3. The quantitative estimate of drug-likeness (QED) is 0.312. The van der Waals surface area contributed by atoms with Crippen LogP contribution >= 0.6 is 11.3 Å². The topological polar surface area (TPSA) is 106 Å². The van der Waals surface area contributed by atoms with Crippen LogP contribution in [0.2, 0.25) is 0 Å². The average Bonchev–Trinajstić information content (AvgIpc) is 3.10. The number of hydrazone groups is 1. The minimum Gasteiger partial charge on any atom is -0.323 e. The molecule has 2 N–H and O–H groups in total. The molecule has 3 aromatic rings. The van der Waals surface area contributed by atoms with E-state index in [4.69, 9.17) is 5.84 Å². The Labute approximate surface area is 164 Å². The summed E-state index contributed by atoms with van der Waals surface area (Å²) >= 11 is 1.24. The van der Waals surface area contributed by atoms with Crippen LogP contribution in [-0.2, 0) is 14.4 Å². The molecule has 140 valence electrons. The van der Waals surface area contributed by atoms with Crippen molar-refractivity contribution in [2.24, 2.45) is 10.9 Å². The minimum atomic E-state index is -1.19. The summed E-state index contributed by atoms with van der Waals surface area (Å²) in [5, 5.41) is 3.92. The highest BCUT2D eigenvalue weighted by Crippen LogP contribution is 2.34. The SMILES string of the molecule is Cc1ccc(C)c(N2C(=O)C(=O)[C@@H](c3nc4ccccc4s3)/C(=N\N)C2=O)c1. The van der Waals surface area contributed by atoms with Crippen molar-refractivity contribution in [2.45, 2.75) is 19.8 Å². The molecule has 0 radical (unpaired) electrons. The van der Waals surface area contributed by atoms with Crippen molar-refractivity contribution >= 4 is 50.6 Å². The summed E-state index contributed by atoms with van der Waals surface area (Å²) in [6.07, 6.45) is 0. The fourth-order valence-corrected chi connectivity index (χ4v) is 4.31. The number of imide groups is 1. The predicted molar refractivity (Wildman–Crippen MR) is 107 cm³/mol. The van der Waals surface area contributed by atoms with Gasteiger partial charge < -0.3 is 5.84 Å². The van der Waals surface area contributed by atoms with Gasteiger partial charge in [0.1, 0.15) is 16.6 Å². The molecule has 7 nitrogen and oxygen atoms in total. The van der Waals surface area contributed by atoms with E-state index in [1.165, 1.54) is 11.3 Å². The van der Waals surface area contributed by atoms with Crippen LogP contribution < -0.4 is 10.7 Å². The number of piperidine rings is 1. The number of Topliss-reactive ketones (excluding diaryl/α,β-unsaturated/α-hetero) is 1. The number of nitrogens with two attached hydrogens (primary N) is 1. The smallest absolute Gasteiger partial charge is 0.302 e. The number of para-hydroxylation sites is 1. The second-order valence-electron chi connectivity index (χ2n) is 6.57. The lowest BCUT2D eigenvalue weighted by atomic mass is 9.91. The van der Waals surface area contributed by atoms with Crippen molar-refractivity contribution < 1.29 is 14.4 Å². The normalized spacial score (nSPS) is 19.1. The molecule has 0 aliphatic carbocycles. The van der Waals surface area contributed by atoms with Crippen LogP contribution in [-0.4, -0.2) is 28.3 Å². The van der Waals surface area contributed by atoms with E-state index in [2.05, 4.69) is 10.1 Å². The molecule has 0 saturated carbocycles. The van der Waals surface area contributed by atoms with Crippen LogP contribution in [0.25, 0.3) is 10.2 Å². The Kier molecular flexibility index (Phi) is 4.27. The molecule has 0 unspecified atom stereocenters. The van der Waals surface area contributed by atoms with Crippen molar-refractivity contribution in [3.63, 3.8) is 0 Å². The van der Waals surface area contributed by atoms with Crippen molar-refractivity contribution in [1.29, 1.82) is 0 Å². The third-order valence-corrected chi connectivity index (χ3v) is 5.77. The standard InChI is InChI=1S/C20H16N4O3S/c1-10-7-8-11(2)13(9-10)24-19(26)16(23-21)15(17(25)20(24)27)18-22-12-5-3-4-6-14(12)28-18/h3-9,15H,21H2,1-2H3/b23-16+/t15-/m0/s1. The maximum Gasteiger partial charge on any atom is 0.302 e. The Balaban J connectivity index is 1.83. The monoisotopic (exact) mass is 392 g/mol. The zero-order valence-electron chi connectivity index (χ0n) is 15.2. The number of benzene rings is 2. The second kappa shape index (κ2) is 6.65. The molecule has 1 saturated heterocycles. The van der Waals surface area contributed by atoms with E-state index in [9.17, 15) is 14.4 Å². The molecule has 4 rings (SSSR count). The first kappa shape index (κ1) is 18.0. The Morgan fingerprint density at radius 3 is 2.54 bits per heavy atom. The van der Waals surface area contributed by atoms with E-state index < -0.39 is 23.5 Å². The van der Waals surface area contributed by atoms with Crippen LogP contribution in [0.4, 0.5) is 5.69 Å². The van der Waals surface area contributed by atoms with Gasteiger partial charge in [0.15, 0.2) is 0 Å². The molecule has 0 spiro atoms. The first-order valence-electron chi connectivity index (χ1n) is 8.55. The number of aryl methyl sites for hydroxylation is 2. The zero-order chi connectivity index (χ0) is 20.0. The van der Waals surface area contributed by atoms with Gasteiger partial charge in [0.25, 0.3) is 5.91 Å². The molecule has 8 heteroatoms. The number of hydrogen-bond donors (Lipinski definition) is 1. The number of fused-ring (bicyclic) bond motifs is 1. The summed E-state index contributed by atoms with van der Waals surface area (Å²) in [6, 6.07) is 12.7. The van der Waals surface area contributed by atoms with E-state index in [0.29, 0.717) is 21.8 Å². The Morgan fingerprint density at radius 1 is 1.07 bits per heavy atom. The van der Waals surface area contributed by atoms with Gasteiger partial charge in [-0.05, 0) is 43.2 Å². The maximum atomic E-state index is 13.1. The van der Waals surface area contributed by atoms with E-state index in [-0.39, 0.29) is 5.71 Å². The first-order chi connectivity index (χ1) is 13.4. The third kappa shape index (κ3) is 2.69. The number of carbonyl (C=O) groups is 3. The van der Waals surface area contributed by atoms with Gasteiger partial charge in [0.2, 0.25) is 5.78 Å². The summed E-state index contributed by atoms with van der Waals surface area (Å²) in [7, 11) is 0. The van der Waals surface area contributed by atoms with Crippen LogP contribution in [0.3, 0.4) is 0 Å². The number of aromatic nitrogens is 1. The Bertz CT molecular complexity index is 1150. The molecule has 2 aromatic carbocycles. The lowest BCUT2D eigenvalue weighted by Crippen LogP contribution is -2.55. The number of thiazole rings is 1. The average molecular weight is 392 g/mol.